The van der Waals surface area contributed by atoms with Crippen LogP contribution in [0.1, 0.15) is 31.4 Å². The van der Waals surface area contributed by atoms with Gasteiger partial charge < -0.3 is 14.0 Å². The maximum absolute atomic E-state index is 5.46. The van der Waals surface area contributed by atoms with Crippen LogP contribution < -0.4 is 9.47 Å². The third-order valence-corrected chi connectivity index (χ3v) is 4.00. The van der Waals surface area contributed by atoms with Gasteiger partial charge in [0.1, 0.15) is 0 Å². The number of benzene rings is 1. The second kappa shape index (κ2) is 5.92. The standard InChI is InChI=1S/C18H29N2O2/c1-18(2)12-13-10-16(21-6)17(22-7)11-14(13)15(19-18)8-9-20(3,4)5/h10-11H,8-9,12H2,1-7H3/q+1. The highest BCUT2D eigenvalue weighted by Crippen LogP contribution is 2.36. The first-order valence-electron chi connectivity index (χ1n) is 7.80. The summed E-state index contributed by atoms with van der Waals surface area (Å²) in [6.45, 7) is 5.44. The third-order valence-electron chi connectivity index (χ3n) is 4.00. The van der Waals surface area contributed by atoms with Gasteiger partial charge in [0, 0.05) is 17.7 Å². The summed E-state index contributed by atoms with van der Waals surface area (Å²) < 4.78 is 11.8. The van der Waals surface area contributed by atoms with Crippen LogP contribution in [0.3, 0.4) is 0 Å². The van der Waals surface area contributed by atoms with Crippen LogP contribution in [0.2, 0.25) is 0 Å². The van der Waals surface area contributed by atoms with Gasteiger partial charge in [0.05, 0.1) is 47.4 Å². The number of hydrogen-bond donors (Lipinski definition) is 0. The predicted octanol–water partition coefficient (Wildman–Crippen LogP) is 2.92. The molecule has 0 fully saturated rings. The Morgan fingerprint density at radius 1 is 1.09 bits per heavy atom. The minimum absolute atomic E-state index is 0.0627. The van der Waals surface area contributed by atoms with E-state index < -0.39 is 0 Å². The van der Waals surface area contributed by atoms with E-state index >= 15 is 0 Å². The average molecular weight is 305 g/mol. The first-order valence-corrected chi connectivity index (χ1v) is 7.80. The first-order chi connectivity index (χ1) is 10.1. The monoisotopic (exact) mass is 305 g/mol. The van der Waals surface area contributed by atoms with Gasteiger partial charge in [0.25, 0.3) is 0 Å². The molecule has 0 aromatic heterocycles. The molecule has 1 aromatic carbocycles. The second-order valence-corrected chi connectivity index (χ2v) is 7.68. The zero-order valence-electron chi connectivity index (χ0n) is 15.0. The quantitative estimate of drug-likeness (QED) is 0.783. The molecule has 0 radical (unpaired) electrons. The maximum atomic E-state index is 5.46. The average Bonchev–Trinajstić information content (AvgIpc) is 2.41. The van der Waals surface area contributed by atoms with E-state index in [1.165, 1.54) is 16.8 Å². The molecule has 4 heteroatoms. The van der Waals surface area contributed by atoms with Gasteiger partial charge in [0.15, 0.2) is 11.5 Å². The number of methoxy groups -OCH3 is 2. The van der Waals surface area contributed by atoms with E-state index in [1.54, 1.807) is 14.2 Å². The molecule has 0 saturated carbocycles. The summed E-state index contributed by atoms with van der Waals surface area (Å²) in [5.41, 5.74) is 3.63. The van der Waals surface area contributed by atoms with E-state index in [-0.39, 0.29) is 5.54 Å². The van der Waals surface area contributed by atoms with Crippen molar-refractivity contribution < 1.29 is 14.0 Å². The number of nitrogens with zero attached hydrogens (tertiary/aromatic N) is 2. The number of ether oxygens (including phenoxy) is 2. The van der Waals surface area contributed by atoms with Crippen molar-refractivity contribution in [3.8, 4) is 11.5 Å². The van der Waals surface area contributed by atoms with E-state index in [9.17, 15) is 0 Å². The Labute approximate surface area is 134 Å². The third kappa shape index (κ3) is 3.80. The Balaban J connectivity index is 2.44. The Hall–Kier alpha value is -1.55. The molecule has 122 valence electrons. The van der Waals surface area contributed by atoms with Gasteiger partial charge in [-0.3, -0.25) is 4.99 Å². The predicted molar refractivity (Wildman–Crippen MR) is 91.4 cm³/mol. The summed E-state index contributed by atoms with van der Waals surface area (Å²) in [7, 11) is 10.0. The highest BCUT2D eigenvalue weighted by atomic mass is 16.5. The molecular formula is C18H29N2O2+. The Morgan fingerprint density at radius 3 is 2.23 bits per heavy atom. The fourth-order valence-corrected chi connectivity index (χ4v) is 2.90. The summed E-state index contributed by atoms with van der Waals surface area (Å²) in [4.78, 5) is 5.00. The number of aliphatic imine (C=N–C) groups is 1. The van der Waals surface area contributed by atoms with Crippen molar-refractivity contribution in [3.63, 3.8) is 0 Å². The Morgan fingerprint density at radius 2 is 1.68 bits per heavy atom. The zero-order chi connectivity index (χ0) is 16.5. The fraction of sp³-hybridized carbons (Fsp3) is 0.611. The molecule has 2 rings (SSSR count). The van der Waals surface area contributed by atoms with E-state index in [4.69, 9.17) is 14.5 Å². The van der Waals surface area contributed by atoms with Crippen molar-refractivity contribution in [1.82, 2.24) is 0 Å². The number of fused-ring (bicyclic) bond motifs is 1. The number of hydrogen-bond acceptors (Lipinski definition) is 3. The van der Waals surface area contributed by atoms with Gasteiger partial charge in [-0.25, -0.2) is 0 Å². The van der Waals surface area contributed by atoms with Gasteiger partial charge in [-0.1, -0.05) is 0 Å². The van der Waals surface area contributed by atoms with Gasteiger partial charge in [-0.2, -0.15) is 0 Å². The molecule has 1 aliphatic heterocycles. The summed E-state index contributed by atoms with van der Waals surface area (Å²) in [5, 5.41) is 0. The topological polar surface area (TPSA) is 30.8 Å². The van der Waals surface area contributed by atoms with Crippen molar-refractivity contribution in [2.45, 2.75) is 32.2 Å². The summed E-state index contributed by atoms with van der Waals surface area (Å²) >= 11 is 0. The summed E-state index contributed by atoms with van der Waals surface area (Å²) in [6, 6.07) is 4.19. The minimum Gasteiger partial charge on any atom is -0.493 e. The number of rotatable bonds is 5. The van der Waals surface area contributed by atoms with E-state index in [0.29, 0.717) is 0 Å². The van der Waals surface area contributed by atoms with Crippen molar-refractivity contribution in [1.29, 1.82) is 0 Å². The SMILES string of the molecule is COc1cc2c(cc1OC)C(CC[N+](C)(C)C)=NC(C)(C)C2. The highest BCUT2D eigenvalue weighted by Gasteiger charge is 2.29. The zero-order valence-corrected chi connectivity index (χ0v) is 15.0. The Kier molecular flexibility index (Phi) is 4.52. The highest BCUT2D eigenvalue weighted by molar-refractivity contribution is 6.03. The van der Waals surface area contributed by atoms with Crippen LogP contribution in [0.25, 0.3) is 0 Å². The Bertz CT molecular complexity index is 583. The van der Waals surface area contributed by atoms with Gasteiger partial charge >= 0.3 is 0 Å². The second-order valence-electron chi connectivity index (χ2n) is 7.68. The molecule has 1 aromatic rings. The largest absolute Gasteiger partial charge is 0.493 e. The fourth-order valence-electron chi connectivity index (χ4n) is 2.90. The van der Waals surface area contributed by atoms with Crippen LogP contribution in [0.5, 0.6) is 11.5 Å². The lowest BCUT2D eigenvalue weighted by Crippen LogP contribution is -2.38. The molecule has 0 atom stereocenters. The van der Waals surface area contributed by atoms with Crippen LogP contribution in [-0.4, -0.2) is 57.6 Å². The van der Waals surface area contributed by atoms with Crippen LogP contribution in [0.15, 0.2) is 17.1 Å². The normalized spacial score (nSPS) is 16.8. The molecule has 4 nitrogen and oxygen atoms in total. The molecular weight excluding hydrogens is 276 g/mol. The molecule has 0 aliphatic carbocycles. The minimum atomic E-state index is -0.0627. The van der Waals surface area contributed by atoms with Gasteiger partial charge in [-0.15, -0.1) is 0 Å². The molecule has 0 spiro atoms. The van der Waals surface area contributed by atoms with Crippen molar-refractivity contribution in [2.24, 2.45) is 4.99 Å². The molecule has 0 N–H and O–H groups in total. The van der Waals surface area contributed by atoms with E-state index in [1.807, 2.05) is 0 Å². The molecule has 0 bridgehead atoms. The molecule has 1 heterocycles. The van der Waals surface area contributed by atoms with Gasteiger partial charge in [-0.05, 0) is 38.0 Å². The van der Waals surface area contributed by atoms with Crippen LogP contribution >= 0.6 is 0 Å². The van der Waals surface area contributed by atoms with Crippen molar-refractivity contribution in [2.75, 3.05) is 41.9 Å². The molecule has 0 amide bonds. The summed E-state index contributed by atoms with van der Waals surface area (Å²) in [5.74, 6) is 1.57. The maximum Gasteiger partial charge on any atom is 0.161 e. The smallest absolute Gasteiger partial charge is 0.161 e. The summed E-state index contributed by atoms with van der Waals surface area (Å²) in [6.07, 6.45) is 1.89. The first kappa shape index (κ1) is 16.8. The molecule has 0 saturated heterocycles. The van der Waals surface area contributed by atoms with E-state index in [2.05, 4.69) is 47.1 Å². The molecule has 1 aliphatic rings. The van der Waals surface area contributed by atoms with E-state index in [0.717, 1.165) is 35.4 Å². The van der Waals surface area contributed by atoms with Crippen molar-refractivity contribution >= 4 is 5.71 Å². The lowest BCUT2D eigenvalue weighted by atomic mass is 9.85. The van der Waals surface area contributed by atoms with Crippen LogP contribution in [0, 0.1) is 0 Å². The van der Waals surface area contributed by atoms with Crippen molar-refractivity contribution in [3.05, 3.63) is 23.3 Å². The van der Waals surface area contributed by atoms with Crippen LogP contribution in [-0.2, 0) is 6.42 Å². The molecule has 0 unspecified atom stereocenters. The molecule has 22 heavy (non-hydrogen) atoms. The van der Waals surface area contributed by atoms with Crippen LogP contribution in [0.4, 0.5) is 0 Å². The lowest BCUT2D eigenvalue weighted by molar-refractivity contribution is -0.869. The number of quaternary nitrogens is 1. The van der Waals surface area contributed by atoms with Gasteiger partial charge in [0.2, 0.25) is 0 Å². The lowest BCUT2D eigenvalue weighted by Gasteiger charge is -2.31.